The van der Waals surface area contributed by atoms with Crippen LogP contribution in [0.15, 0.2) is 30.5 Å². The van der Waals surface area contributed by atoms with Gasteiger partial charge >= 0.3 is 0 Å². The lowest BCUT2D eigenvalue weighted by molar-refractivity contribution is -0.112. The van der Waals surface area contributed by atoms with Gasteiger partial charge in [0.2, 0.25) is 0 Å². The van der Waals surface area contributed by atoms with Crippen LogP contribution in [0.2, 0.25) is 5.02 Å². The minimum atomic E-state index is -0.245. The van der Waals surface area contributed by atoms with Crippen LogP contribution >= 0.6 is 34.2 Å². The second-order valence-electron chi connectivity index (χ2n) is 2.88. The molecule has 16 heavy (non-hydrogen) atoms. The van der Waals surface area contributed by atoms with E-state index in [0.717, 1.165) is 3.57 Å². The lowest BCUT2D eigenvalue weighted by Crippen LogP contribution is -2.07. The maximum Gasteiger partial charge on any atom is 0.251 e. The second kappa shape index (κ2) is 6.75. The summed E-state index contributed by atoms with van der Waals surface area (Å²) in [5, 5.41) is 3.29. The van der Waals surface area contributed by atoms with Gasteiger partial charge in [-0.15, -0.1) is 0 Å². The molecule has 0 saturated heterocycles. The van der Waals surface area contributed by atoms with E-state index < -0.39 is 0 Å². The second-order valence-corrected chi connectivity index (χ2v) is 4.45. The molecule has 0 atom stereocenters. The van der Waals surface area contributed by atoms with Crippen LogP contribution in [0.3, 0.4) is 0 Å². The highest BCUT2D eigenvalue weighted by molar-refractivity contribution is 14.1. The normalized spacial score (nSPS) is 10.4. The summed E-state index contributed by atoms with van der Waals surface area (Å²) in [4.78, 5) is 11.4. The number of nitrogens with one attached hydrogen (secondary N) is 1. The molecule has 0 heterocycles. The van der Waals surface area contributed by atoms with Crippen LogP contribution in [-0.2, 0) is 9.53 Å². The Morgan fingerprint density at radius 3 is 3.00 bits per heavy atom. The average molecular weight is 352 g/mol. The predicted molar refractivity (Wildman–Crippen MR) is 73.6 cm³/mol. The van der Waals surface area contributed by atoms with Crippen LogP contribution in [-0.4, -0.2) is 12.5 Å². The summed E-state index contributed by atoms with van der Waals surface area (Å²) in [6, 6.07) is 5.33. The van der Waals surface area contributed by atoms with Crippen molar-refractivity contribution in [2.75, 3.05) is 11.9 Å². The molecule has 1 aromatic rings. The SMILES string of the molecule is CCO/C=C/C(=O)Nc1ccc(I)c(Cl)c1. The van der Waals surface area contributed by atoms with Crippen LogP contribution in [0, 0.1) is 3.57 Å². The molecule has 0 bridgehead atoms. The van der Waals surface area contributed by atoms with Gasteiger partial charge in [0.25, 0.3) is 5.91 Å². The number of hydrogen-bond donors (Lipinski definition) is 1. The minimum absolute atomic E-state index is 0.245. The number of amides is 1. The van der Waals surface area contributed by atoms with Gasteiger partial charge in [-0.3, -0.25) is 4.79 Å². The first kappa shape index (κ1) is 13.3. The summed E-state index contributed by atoms with van der Waals surface area (Å²) in [7, 11) is 0. The van der Waals surface area contributed by atoms with E-state index in [9.17, 15) is 4.79 Å². The molecule has 1 rings (SSSR count). The summed E-state index contributed by atoms with van der Waals surface area (Å²) in [6.07, 6.45) is 2.69. The van der Waals surface area contributed by atoms with Crippen molar-refractivity contribution in [2.24, 2.45) is 0 Å². The first-order valence-corrected chi connectivity index (χ1v) is 6.13. The van der Waals surface area contributed by atoms with Gasteiger partial charge in [-0.25, -0.2) is 0 Å². The van der Waals surface area contributed by atoms with Gasteiger partial charge in [0.15, 0.2) is 0 Å². The van der Waals surface area contributed by atoms with E-state index in [2.05, 4.69) is 27.9 Å². The number of hydrogen-bond acceptors (Lipinski definition) is 2. The van der Waals surface area contributed by atoms with Crippen LogP contribution in [0.5, 0.6) is 0 Å². The Morgan fingerprint density at radius 2 is 2.38 bits per heavy atom. The zero-order valence-corrected chi connectivity index (χ0v) is 11.6. The first-order valence-electron chi connectivity index (χ1n) is 4.67. The molecule has 0 aromatic heterocycles. The van der Waals surface area contributed by atoms with Gasteiger partial charge in [-0.05, 0) is 47.7 Å². The van der Waals surface area contributed by atoms with Crippen LogP contribution in [0.25, 0.3) is 0 Å². The molecule has 5 heteroatoms. The van der Waals surface area contributed by atoms with E-state index in [1.54, 1.807) is 12.1 Å². The highest BCUT2D eigenvalue weighted by atomic mass is 127. The zero-order chi connectivity index (χ0) is 12.0. The monoisotopic (exact) mass is 351 g/mol. The number of carbonyl (C=O) groups is 1. The van der Waals surface area contributed by atoms with Crippen molar-refractivity contribution in [1.29, 1.82) is 0 Å². The number of ether oxygens (including phenoxy) is 1. The fourth-order valence-corrected chi connectivity index (χ4v) is 1.48. The minimum Gasteiger partial charge on any atom is -0.501 e. The molecule has 0 spiro atoms. The van der Waals surface area contributed by atoms with Gasteiger partial charge in [-0.1, -0.05) is 11.6 Å². The molecule has 1 N–H and O–H groups in total. The fourth-order valence-electron chi connectivity index (χ4n) is 0.964. The van der Waals surface area contributed by atoms with E-state index in [-0.39, 0.29) is 5.91 Å². The number of halogens is 2. The van der Waals surface area contributed by atoms with Crippen LogP contribution < -0.4 is 5.32 Å². The Labute approximate surface area is 113 Å². The molecule has 3 nitrogen and oxygen atoms in total. The van der Waals surface area contributed by atoms with Crippen LogP contribution in [0.4, 0.5) is 5.69 Å². The topological polar surface area (TPSA) is 38.3 Å². The van der Waals surface area contributed by atoms with Gasteiger partial charge < -0.3 is 10.1 Å². The maximum atomic E-state index is 11.4. The van der Waals surface area contributed by atoms with Gasteiger partial charge in [0.1, 0.15) is 0 Å². The van der Waals surface area contributed by atoms with E-state index in [4.69, 9.17) is 16.3 Å². The van der Waals surface area contributed by atoms with Crippen molar-refractivity contribution >= 4 is 45.8 Å². The summed E-state index contributed by atoms with van der Waals surface area (Å²) < 4.78 is 5.86. The zero-order valence-electron chi connectivity index (χ0n) is 8.67. The lowest BCUT2D eigenvalue weighted by Gasteiger charge is -2.03. The maximum absolute atomic E-state index is 11.4. The van der Waals surface area contributed by atoms with Crippen molar-refractivity contribution in [2.45, 2.75) is 6.92 Å². The van der Waals surface area contributed by atoms with Gasteiger partial charge in [0.05, 0.1) is 17.9 Å². The van der Waals surface area contributed by atoms with Crippen molar-refractivity contribution in [3.63, 3.8) is 0 Å². The molecule has 86 valence electrons. The number of rotatable bonds is 4. The smallest absolute Gasteiger partial charge is 0.251 e. The fraction of sp³-hybridized carbons (Fsp3) is 0.182. The Balaban J connectivity index is 2.59. The molecule has 0 aliphatic carbocycles. The van der Waals surface area contributed by atoms with E-state index >= 15 is 0 Å². The van der Waals surface area contributed by atoms with Crippen molar-refractivity contribution in [3.05, 3.63) is 39.1 Å². The molecular formula is C11H11ClINO2. The molecule has 0 fully saturated rings. The Bertz CT molecular complexity index is 407. The summed E-state index contributed by atoms with van der Waals surface area (Å²) in [5.41, 5.74) is 0.663. The van der Waals surface area contributed by atoms with E-state index in [0.29, 0.717) is 17.3 Å². The Morgan fingerprint density at radius 1 is 1.62 bits per heavy atom. The molecule has 1 amide bonds. The lowest BCUT2D eigenvalue weighted by atomic mass is 10.3. The summed E-state index contributed by atoms with van der Waals surface area (Å²) >= 11 is 8.05. The highest BCUT2D eigenvalue weighted by Crippen LogP contribution is 2.22. The molecule has 0 aliphatic heterocycles. The third kappa shape index (κ3) is 4.40. The van der Waals surface area contributed by atoms with Gasteiger partial charge in [-0.2, -0.15) is 0 Å². The molecule has 0 saturated carbocycles. The quantitative estimate of drug-likeness (QED) is 0.513. The van der Waals surface area contributed by atoms with Crippen molar-refractivity contribution in [1.82, 2.24) is 0 Å². The van der Waals surface area contributed by atoms with E-state index in [1.807, 2.05) is 13.0 Å². The third-order valence-electron chi connectivity index (χ3n) is 1.67. The predicted octanol–water partition coefficient (Wildman–Crippen LogP) is 3.43. The number of carbonyl (C=O) groups excluding carboxylic acids is 1. The van der Waals surface area contributed by atoms with Crippen LogP contribution in [0.1, 0.15) is 6.92 Å². The third-order valence-corrected chi connectivity index (χ3v) is 3.24. The highest BCUT2D eigenvalue weighted by Gasteiger charge is 2.01. The largest absolute Gasteiger partial charge is 0.501 e. The number of anilines is 1. The first-order chi connectivity index (χ1) is 7.63. The van der Waals surface area contributed by atoms with Crippen molar-refractivity contribution < 1.29 is 9.53 Å². The average Bonchev–Trinajstić information content (AvgIpc) is 2.24. The molecule has 1 aromatic carbocycles. The Kier molecular flexibility index (Phi) is 5.62. The van der Waals surface area contributed by atoms with Crippen molar-refractivity contribution in [3.8, 4) is 0 Å². The summed E-state index contributed by atoms with van der Waals surface area (Å²) in [6.45, 7) is 2.39. The van der Waals surface area contributed by atoms with Gasteiger partial charge in [0, 0.05) is 15.3 Å². The summed E-state index contributed by atoms with van der Waals surface area (Å²) in [5.74, 6) is -0.245. The molecule has 0 unspecified atom stereocenters. The molecular weight excluding hydrogens is 340 g/mol. The standard InChI is InChI=1S/C11H11ClINO2/c1-2-16-6-5-11(15)14-8-3-4-10(13)9(12)7-8/h3-7H,2H2,1H3,(H,14,15)/b6-5+. The number of benzene rings is 1. The molecule has 0 aliphatic rings. The van der Waals surface area contributed by atoms with E-state index in [1.165, 1.54) is 12.3 Å². The Hall–Kier alpha value is -0.750. The molecule has 0 radical (unpaired) electrons.